The summed E-state index contributed by atoms with van der Waals surface area (Å²) in [5.74, 6) is 0.658. The molecule has 1 saturated carbocycles. The Balaban J connectivity index is 1.92. The quantitative estimate of drug-likeness (QED) is 0.817. The van der Waals surface area contributed by atoms with Gasteiger partial charge in [-0.3, -0.25) is 4.79 Å². The zero-order chi connectivity index (χ0) is 14.8. The topological polar surface area (TPSA) is 20.3 Å². The first-order valence-electron chi connectivity index (χ1n) is 7.36. The van der Waals surface area contributed by atoms with E-state index in [-0.39, 0.29) is 11.3 Å². The van der Waals surface area contributed by atoms with Gasteiger partial charge in [0, 0.05) is 28.9 Å². The number of carbonyl (C=O) groups is 1. The van der Waals surface area contributed by atoms with Crippen molar-refractivity contribution in [3.63, 3.8) is 0 Å². The van der Waals surface area contributed by atoms with Crippen molar-refractivity contribution in [2.24, 2.45) is 11.3 Å². The van der Waals surface area contributed by atoms with Gasteiger partial charge in [0.1, 0.15) is 5.78 Å². The van der Waals surface area contributed by atoms with Crippen LogP contribution in [0.4, 0.5) is 0 Å². The summed E-state index contributed by atoms with van der Waals surface area (Å²) in [5, 5.41) is 0. The second-order valence-electron chi connectivity index (χ2n) is 6.66. The maximum Gasteiger partial charge on any atom is 0.142 e. The van der Waals surface area contributed by atoms with Crippen molar-refractivity contribution in [2.75, 3.05) is 13.6 Å². The molecule has 0 heterocycles. The predicted molar refractivity (Wildman–Crippen MR) is 86.6 cm³/mol. The summed E-state index contributed by atoms with van der Waals surface area (Å²) in [4.78, 5) is 14.7. The number of hydrogen-bond acceptors (Lipinski definition) is 2. The Morgan fingerprint density at radius 2 is 1.95 bits per heavy atom. The first kappa shape index (κ1) is 15.7. The molecule has 3 heteroatoms. The highest BCUT2D eigenvalue weighted by atomic mass is 79.9. The van der Waals surface area contributed by atoms with Crippen LogP contribution in [0.3, 0.4) is 0 Å². The molecule has 20 heavy (non-hydrogen) atoms. The van der Waals surface area contributed by atoms with Crippen LogP contribution in [0.2, 0.25) is 0 Å². The second kappa shape index (κ2) is 6.40. The molecule has 1 atom stereocenters. The summed E-state index contributed by atoms with van der Waals surface area (Å²) in [6.07, 6.45) is 3.27. The first-order chi connectivity index (χ1) is 9.38. The zero-order valence-corrected chi connectivity index (χ0v) is 14.2. The summed E-state index contributed by atoms with van der Waals surface area (Å²) in [6, 6.07) is 8.40. The molecule has 2 nitrogen and oxygen atoms in total. The predicted octanol–water partition coefficient (Wildman–Crippen LogP) is 4.28. The minimum Gasteiger partial charge on any atom is -0.301 e. The molecular formula is C17H24BrNO. The molecule has 0 saturated heterocycles. The standard InChI is InChI=1S/C17H24BrNO/c1-17(2)10-4-5-14(16(17)20)12-19(3)11-13-6-8-15(18)9-7-13/h6-9,14H,4-5,10-12H2,1-3H3. The van der Waals surface area contributed by atoms with E-state index in [1.807, 2.05) is 0 Å². The van der Waals surface area contributed by atoms with Gasteiger partial charge in [-0.05, 0) is 37.6 Å². The average molecular weight is 338 g/mol. The van der Waals surface area contributed by atoms with Gasteiger partial charge in [-0.25, -0.2) is 0 Å². The van der Waals surface area contributed by atoms with Crippen molar-refractivity contribution in [2.45, 2.75) is 39.7 Å². The van der Waals surface area contributed by atoms with Gasteiger partial charge in [0.2, 0.25) is 0 Å². The molecule has 1 aliphatic carbocycles. The van der Waals surface area contributed by atoms with Crippen LogP contribution in [-0.4, -0.2) is 24.3 Å². The lowest BCUT2D eigenvalue weighted by Gasteiger charge is -2.35. The highest BCUT2D eigenvalue weighted by molar-refractivity contribution is 9.10. The number of rotatable bonds is 4. The van der Waals surface area contributed by atoms with Crippen LogP contribution in [0.15, 0.2) is 28.7 Å². The number of Topliss-reactive ketones (excluding diaryl/α,β-unsaturated/α-hetero) is 1. The number of nitrogens with zero attached hydrogens (tertiary/aromatic N) is 1. The molecule has 0 aliphatic heterocycles. The minimum atomic E-state index is -0.124. The maximum atomic E-state index is 12.4. The molecule has 0 spiro atoms. The SMILES string of the molecule is CN(Cc1ccc(Br)cc1)CC1CCCC(C)(C)C1=O. The molecule has 0 bridgehead atoms. The van der Waals surface area contributed by atoms with E-state index in [2.05, 4.69) is 66.0 Å². The summed E-state index contributed by atoms with van der Waals surface area (Å²) in [6.45, 7) is 5.96. The molecule has 1 aromatic rings. The number of ketones is 1. The number of hydrogen-bond donors (Lipinski definition) is 0. The molecule has 2 rings (SSSR count). The average Bonchev–Trinajstić information content (AvgIpc) is 2.38. The van der Waals surface area contributed by atoms with Crippen molar-refractivity contribution in [3.8, 4) is 0 Å². The zero-order valence-electron chi connectivity index (χ0n) is 12.7. The van der Waals surface area contributed by atoms with Crippen LogP contribution >= 0.6 is 15.9 Å². The highest BCUT2D eigenvalue weighted by Gasteiger charge is 2.37. The monoisotopic (exact) mass is 337 g/mol. The van der Waals surface area contributed by atoms with Crippen molar-refractivity contribution in [3.05, 3.63) is 34.3 Å². The molecule has 0 aromatic heterocycles. The number of carbonyl (C=O) groups excluding carboxylic acids is 1. The van der Waals surface area contributed by atoms with Gasteiger partial charge in [0.05, 0.1) is 0 Å². The molecule has 1 fully saturated rings. The third kappa shape index (κ3) is 3.92. The summed E-state index contributed by atoms with van der Waals surface area (Å²) >= 11 is 3.45. The fourth-order valence-electron chi connectivity index (χ4n) is 3.11. The Labute approximate surface area is 130 Å². The molecule has 110 valence electrons. The van der Waals surface area contributed by atoms with Gasteiger partial charge in [0.25, 0.3) is 0 Å². The van der Waals surface area contributed by atoms with Gasteiger partial charge in [-0.1, -0.05) is 48.3 Å². The van der Waals surface area contributed by atoms with Crippen molar-refractivity contribution >= 4 is 21.7 Å². The summed E-state index contributed by atoms with van der Waals surface area (Å²) in [5.41, 5.74) is 1.17. The van der Waals surface area contributed by atoms with E-state index in [4.69, 9.17) is 0 Å². The molecule has 0 radical (unpaired) electrons. The fourth-order valence-corrected chi connectivity index (χ4v) is 3.38. The maximum absolute atomic E-state index is 12.4. The fraction of sp³-hybridized carbons (Fsp3) is 0.588. The van der Waals surface area contributed by atoms with E-state index in [0.717, 1.165) is 30.4 Å². The Morgan fingerprint density at radius 3 is 2.60 bits per heavy atom. The van der Waals surface area contributed by atoms with Crippen LogP contribution in [0.1, 0.15) is 38.7 Å². The smallest absolute Gasteiger partial charge is 0.142 e. The normalized spacial score (nSPS) is 22.2. The lowest BCUT2D eigenvalue weighted by Crippen LogP contribution is -2.40. The first-order valence-corrected chi connectivity index (χ1v) is 8.15. The van der Waals surface area contributed by atoms with E-state index in [9.17, 15) is 4.79 Å². The Kier molecular flexibility index (Phi) is 5.03. The molecule has 1 aromatic carbocycles. The van der Waals surface area contributed by atoms with Gasteiger partial charge >= 0.3 is 0 Å². The third-order valence-corrected chi connectivity index (χ3v) is 4.82. The minimum absolute atomic E-state index is 0.124. The Bertz CT molecular complexity index is 466. The van der Waals surface area contributed by atoms with E-state index >= 15 is 0 Å². The van der Waals surface area contributed by atoms with Crippen molar-refractivity contribution in [1.82, 2.24) is 4.90 Å². The Hall–Kier alpha value is -0.670. The van der Waals surface area contributed by atoms with Gasteiger partial charge < -0.3 is 4.90 Å². The van der Waals surface area contributed by atoms with Crippen LogP contribution in [0.5, 0.6) is 0 Å². The van der Waals surface area contributed by atoms with Crippen LogP contribution in [0, 0.1) is 11.3 Å². The van der Waals surface area contributed by atoms with E-state index in [1.54, 1.807) is 0 Å². The van der Waals surface area contributed by atoms with Crippen LogP contribution in [0.25, 0.3) is 0 Å². The molecule has 1 unspecified atom stereocenters. The Morgan fingerprint density at radius 1 is 1.30 bits per heavy atom. The van der Waals surface area contributed by atoms with E-state index in [1.165, 1.54) is 12.0 Å². The van der Waals surface area contributed by atoms with E-state index < -0.39 is 0 Å². The second-order valence-corrected chi connectivity index (χ2v) is 7.58. The third-order valence-electron chi connectivity index (χ3n) is 4.29. The van der Waals surface area contributed by atoms with Crippen molar-refractivity contribution in [1.29, 1.82) is 0 Å². The highest BCUT2D eigenvalue weighted by Crippen LogP contribution is 2.35. The number of halogens is 1. The largest absolute Gasteiger partial charge is 0.301 e. The summed E-state index contributed by atoms with van der Waals surface area (Å²) < 4.78 is 1.10. The van der Waals surface area contributed by atoms with Crippen LogP contribution in [-0.2, 0) is 11.3 Å². The van der Waals surface area contributed by atoms with Crippen molar-refractivity contribution < 1.29 is 4.79 Å². The molecule has 1 aliphatic rings. The van der Waals surface area contributed by atoms with Gasteiger partial charge in [-0.15, -0.1) is 0 Å². The lowest BCUT2D eigenvalue weighted by atomic mass is 9.71. The van der Waals surface area contributed by atoms with Gasteiger partial charge in [0.15, 0.2) is 0 Å². The van der Waals surface area contributed by atoms with Gasteiger partial charge in [-0.2, -0.15) is 0 Å². The molecule has 0 amide bonds. The lowest BCUT2D eigenvalue weighted by molar-refractivity contribution is -0.134. The number of benzene rings is 1. The van der Waals surface area contributed by atoms with Crippen LogP contribution < -0.4 is 0 Å². The summed E-state index contributed by atoms with van der Waals surface area (Å²) in [7, 11) is 2.11. The molecule has 0 N–H and O–H groups in total. The van der Waals surface area contributed by atoms with E-state index in [0.29, 0.717) is 5.78 Å². The molecular weight excluding hydrogens is 314 g/mol.